The van der Waals surface area contributed by atoms with E-state index < -0.39 is 0 Å². The van der Waals surface area contributed by atoms with E-state index >= 15 is 0 Å². The average molecular weight is 364 g/mol. The van der Waals surface area contributed by atoms with Crippen molar-refractivity contribution in [3.8, 4) is 6.07 Å². The predicted molar refractivity (Wildman–Crippen MR) is 123 cm³/mol. The van der Waals surface area contributed by atoms with Gasteiger partial charge < -0.3 is 0 Å². The van der Waals surface area contributed by atoms with Crippen LogP contribution in [0.1, 0.15) is 113 Å². The number of unbranched alkanes of at least 4 members (excludes halogenated alkanes) is 4. The molecule has 0 aromatic carbocycles. The van der Waals surface area contributed by atoms with E-state index in [1.165, 1.54) is 75.9 Å². The maximum atomic E-state index is 7.32. The van der Waals surface area contributed by atoms with Crippen LogP contribution >= 0.6 is 0 Å². The average Bonchev–Trinajstić information content (AvgIpc) is 2.63. The van der Waals surface area contributed by atoms with Gasteiger partial charge in [-0.2, -0.15) is 5.26 Å². The minimum absolute atomic E-state index is 0.683. The van der Waals surface area contributed by atoms with Crippen molar-refractivity contribution in [1.29, 1.82) is 5.26 Å². The van der Waals surface area contributed by atoms with Gasteiger partial charge in [-0.1, -0.05) is 110 Å². The number of hydrogen-bond acceptors (Lipinski definition) is 1. The smallest absolute Gasteiger partial charge is 0.0587 e. The van der Waals surface area contributed by atoms with Crippen LogP contribution in [0.4, 0.5) is 0 Å². The normalized spacial score (nSPS) is 8.58. The summed E-state index contributed by atoms with van der Waals surface area (Å²) in [6.07, 6.45) is 15.0. The molecule has 0 bridgehead atoms. The molecule has 0 aromatic heterocycles. The Hall–Kier alpha value is -1.29. The fraction of sp³-hybridized carbons (Fsp3) is 0.720. The van der Waals surface area contributed by atoms with Gasteiger partial charge >= 0.3 is 0 Å². The third kappa shape index (κ3) is 38.3. The summed E-state index contributed by atoms with van der Waals surface area (Å²) in [6.45, 7) is 25.9. The summed E-state index contributed by atoms with van der Waals surface area (Å²) in [4.78, 5) is 0. The van der Waals surface area contributed by atoms with Gasteiger partial charge in [-0.05, 0) is 32.1 Å². The van der Waals surface area contributed by atoms with Crippen molar-refractivity contribution in [2.24, 2.45) is 5.92 Å². The fourth-order valence-corrected chi connectivity index (χ4v) is 2.06. The Kier molecular flexibility index (Phi) is 39.2. The molecule has 0 aliphatic rings. The van der Waals surface area contributed by atoms with Crippen LogP contribution in [-0.2, 0) is 0 Å². The van der Waals surface area contributed by atoms with E-state index in [1.54, 1.807) is 6.07 Å². The molecule has 0 unspecified atom stereocenters. The van der Waals surface area contributed by atoms with Crippen molar-refractivity contribution in [2.75, 3.05) is 0 Å². The summed E-state index contributed by atoms with van der Waals surface area (Å²) in [5.41, 5.74) is 2.47. The van der Waals surface area contributed by atoms with Crippen LogP contribution in [-0.4, -0.2) is 0 Å². The Balaban J connectivity index is -0.000000139. The molecular formula is C25H49N. The van der Waals surface area contributed by atoms with Gasteiger partial charge in [0.05, 0.1) is 6.07 Å². The first-order chi connectivity index (χ1) is 12.4. The van der Waals surface area contributed by atoms with E-state index in [1.807, 2.05) is 13.0 Å². The second-order valence-electron chi connectivity index (χ2n) is 6.65. The van der Waals surface area contributed by atoms with Gasteiger partial charge in [-0.3, -0.25) is 0 Å². The minimum atomic E-state index is 0.683. The highest BCUT2D eigenvalue weighted by atomic mass is 14.2. The van der Waals surface area contributed by atoms with Gasteiger partial charge in [-0.25, -0.2) is 0 Å². The summed E-state index contributed by atoms with van der Waals surface area (Å²) in [7, 11) is 0. The highest BCUT2D eigenvalue weighted by molar-refractivity contribution is 5.14. The third-order valence-corrected chi connectivity index (χ3v) is 3.87. The number of nitriles is 1. The van der Waals surface area contributed by atoms with Gasteiger partial charge in [0.2, 0.25) is 0 Å². The Morgan fingerprint density at radius 3 is 1.42 bits per heavy atom. The largest absolute Gasteiger partial charge is 0.199 e. The monoisotopic (exact) mass is 363 g/mol. The van der Waals surface area contributed by atoms with Crippen molar-refractivity contribution in [3.63, 3.8) is 0 Å². The molecule has 0 aliphatic carbocycles. The molecular weight excluding hydrogens is 314 g/mol. The zero-order chi connectivity index (χ0) is 21.2. The Labute approximate surface area is 167 Å². The van der Waals surface area contributed by atoms with E-state index in [-0.39, 0.29) is 0 Å². The van der Waals surface area contributed by atoms with Crippen molar-refractivity contribution < 1.29 is 0 Å². The van der Waals surface area contributed by atoms with E-state index in [9.17, 15) is 0 Å². The SMILES string of the molecule is C=C(C)CC.C=CC(=C)C(CCC)CCC.CC#N.CCCCCCC. The van der Waals surface area contributed by atoms with Gasteiger partial charge in [0, 0.05) is 6.92 Å². The number of allylic oxidation sites excluding steroid dienone is 3. The van der Waals surface area contributed by atoms with Crippen LogP contribution in [0.3, 0.4) is 0 Å². The van der Waals surface area contributed by atoms with Crippen molar-refractivity contribution >= 4 is 0 Å². The van der Waals surface area contributed by atoms with E-state index in [0.29, 0.717) is 5.92 Å². The summed E-state index contributed by atoms with van der Waals surface area (Å²) >= 11 is 0. The third-order valence-electron chi connectivity index (χ3n) is 3.87. The maximum Gasteiger partial charge on any atom is 0.0587 e. The molecule has 1 heteroatoms. The summed E-state index contributed by atoms with van der Waals surface area (Å²) < 4.78 is 0. The number of rotatable bonds is 11. The van der Waals surface area contributed by atoms with Crippen LogP contribution in [0, 0.1) is 17.2 Å². The first-order valence-corrected chi connectivity index (χ1v) is 10.6. The Morgan fingerprint density at radius 1 is 0.885 bits per heavy atom. The molecule has 26 heavy (non-hydrogen) atoms. The standard InChI is InChI=1S/C11H20.C7H16.C5H10.C2H3N/c1-5-8-11(9-6-2)10(4)7-3;1-3-5-7-6-4-2;1-4-5(2)3;1-2-3/h7,11H,3-6,8-9H2,1-2H3;3-7H2,1-2H3;2,4H2,1,3H3;1H3. The first kappa shape index (κ1) is 32.4. The molecule has 0 aliphatic heterocycles. The fourth-order valence-electron chi connectivity index (χ4n) is 2.06. The molecule has 0 saturated carbocycles. The van der Waals surface area contributed by atoms with Gasteiger partial charge in [0.25, 0.3) is 0 Å². The zero-order valence-corrected chi connectivity index (χ0v) is 19.3. The predicted octanol–water partition coefficient (Wildman–Crippen LogP) is 9.42. The lowest BCUT2D eigenvalue weighted by molar-refractivity contribution is 0.514. The minimum Gasteiger partial charge on any atom is -0.199 e. The second-order valence-corrected chi connectivity index (χ2v) is 6.65. The summed E-state index contributed by atoms with van der Waals surface area (Å²) in [5.74, 6) is 0.683. The molecule has 0 aromatic rings. The lowest BCUT2D eigenvalue weighted by atomic mass is 9.91. The molecule has 0 heterocycles. The van der Waals surface area contributed by atoms with Crippen LogP contribution in [0.5, 0.6) is 0 Å². The van der Waals surface area contributed by atoms with Crippen LogP contribution in [0.15, 0.2) is 37.0 Å². The molecule has 0 amide bonds. The van der Waals surface area contributed by atoms with Gasteiger partial charge in [-0.15, -0.1) is 6.58 Å². The highest BCUT2D eigenvalue weighted by Crippen LogP contribution is 2.21. The van der Waals surface area contributed by atoms with E-state index in [2.05, 4.69) is 54.4 Å². The second kappa shape index (κ2) is 31.5. The molecule has 0 spiro atoms. The highest BCUT2D eigenvalue weighted by Gasteiger charge is 2.06. The number of hydrogen-bond donors (Lipinski definition) is 0. The Morgan fingerprint density at radius 2 is 1.23 bits per heavy atom. The molecule has 0 radical (unpaired) electrons. The van der Waals surface area contributed by atoms with Crippen LogP contribution in [0.2, 0.25) is 0 Å². The lowest BCUT2D eigenvalue weighted by Crippen LogP contribution is -2.00. The van der Waals surface area contributed by atoms with Crippen molar-refractivity contribution in [2.45, 2.75) is 113 Å². The van der Waals surface area contributed by atoms with Crippen LogP contribution in [0.25, 0.3) is 0 Å². The maximum absolute atomic E-state index is 7.32. The van der Waals surface area contributed by atoms with E-state index in [4.69, 9.17) is 5.26 Å². The molecule has 1 nitrogen and oxygen atoms in total. The van der Waals surface area contributed by atoms with Crippen LogP contribution < -0.4 is 0 Å². The van der Waals surface area contributed by atoms with E-state index in [0.717, 1.165) is 6.42 Å². The molecule has 0 fully saturated rings. The van der Waals surface area contributed by atoms with Gasteiger partial charge in [0.1, 0.15) is 0 Å². The number of nitrogens with zero attached hydrogens (tertiary/aromatic N) is 1. The summed E-state index contributed by atoms with van der Waals surface area (Å²) in [6, 6.07) is 1.75. The topological polar surface area (TPSA) is 23.8 Å². The van der Waals surface area contributed by atoms with Gasteiger partial charge in [0.15, 0.2) is 0 Å². The van der Waals surface area contributed by atoms with Crippen molar-refractivity contribution in [1.82, 2.24) is 0 Å². The Bertz CT molecular complexity index is 323. The quantitative estimate of drug-likeness (QED) is 0.204. The molecule has 154 valence electrons. The summed E-state index contributed by atoms with van der Waals surface area (Å²) in [5, 5.41) is 7.32. The molecule has 0 rings (SSSR count). The molecule has 0 saturated heterocycles. The lowest BCUT2D eigenvalue weighted by Gasteiger charge is -2.14. The zero-order valence-electron chi connectivity index (χ0n) is 19.3. The first-order valence-electron chi connectivity index (χ1n) is 10.6. The molecule has 0 N–H and O–H groups in total. The van der Waals surface area contributed by atoms with Crippen molar-refractivity contribution in [3.05, 3.63) is 37.0 Å². The molecule has 0 atom stereocenters.